The number of aryl methyl sites for hydroxylation is 1. The van der Waals surface area contributed by atoms with E-state index in [1.807, 2.05) is 20.8 Å². The molecule has 2 aromatic rings. The molecule has 0 aliphatic carbocycles. The molecule has 2 rings (SSSR count). The first-order valence-corrected chi connectivity index (χ1v) is 9.57. The van der Waals surface area contributed by atoms with E-state index in [2.05, 4.69) is 40.7 Å². The summed E-state index contributed by atoms with van der Waals surface area (Å²) in [4.78, 5) is 4.58. The quantitative estimate of drug-likeness (QED) is 0.477. The van der Waals surface area contributed by atoms with Crippen LogP contribution in [0.2, 0.25) is 0 Å². The lowest BCUT2D eigenvalue weighted by Crippen LogP contribution is -2.36. The van der Waals surface area contributed by atoms with Crippen LogP contribution in [0.4, 0.5) is 0 Å². The summed E-state index contributed by atoms with van der Waals surface area (Å²) in [6.45, 7) is 9.76. The predicted octanol–water partition coefficient (Wildman–Crippen LogP) is 3.75. The van der Waals surface area contributed by atoms with E-state index in [0.29, 0.717) is 30.4 Å². The Labute approximate surface area is 167 Å². The van der Waals surface area contributed by atoms with Crippen LogP contribution in [-0.4, -0.2) is 30.8 Å². The molecular weight excluding hydrogens is 354 g/mol. The molecule has 0 saturated carbocycles. The highest BCUT2D eigenvalue weighted by Crippen LogP contribution is 2.24. The molecule has 0 unspecified atom stereocenters. The second kappa shape index (κ2) is 10.4. The van der Waals surface area contributed by atoms with Crippen LogP contribution in [0.3, 0.4) is 0 Å². The first-order chi connectivity index (χ1) is 13.4. The molecule has 28 heavy (non-hydrogen) atoms. The maximum atomic E-state index is 10.0. The number of rotatable bonds is 8. The van der Waals surface area contributed by atoms with Crippen LogP contribution in [0, 0.1) is 6.92 Å². The maximum absolute atomic E-state index is 10.0. The van der Waals surface area contributed by atoms with E-state index in [4.69, 9.17) is 9.47 Å². The number of hydrogen-bond acceptors (Lipinski definition) is 4. The van der Waals surface area contributed by atoms with E-state index in [1.165, 1.54) is 0 Å². The second-order valence-electron chi connectivity index (χ2n) is 6.82. The van der Waals surface area contributed by atoms with Gasteiger partial charge in [-0.25, -0.2) is 4.99 Å². The largest absolute Gasteiger partial charge is 0.508 e. The van der Waals surface area contributed by atoms with Crippen molar-refractivity contribution in [2.75, 3.05) is 13.7 Å². The van der Waals surface area contributed by atoms with Gasteiger partial charge in [-0.1, -0.05) is 12.1 Å². The van der Waals surface area contributed by atoms with Gasteiger partial charge in [0.15, 0.2) is 5.96 Å². The van der Waals surface area contributed by atoms with Crippen molar-refractivity contribution in [2.45, 2.75) is 46.9 Å². The third kappa shape index (κ3) is 6.37. The Balaban J connectivity index is 2.12. The van der Waals surface area contributed by atoms with Crippen LogP contribution >= 0.6 is 0 Å². The fourth-order valence-corrected chi connectivity index (χ4v) is 2.67. The highest BCUT2D eigenvalue weighted by molar-refractivity contribution is 5.79. The summed E-state index contributed by atoms with van der Waals surface area (Å²) in [5, 5.41) is 16.6. The van der Waals surface area contributed by atoms with Gasteiger partial charge in [-0.3, -0.25) is 0 Å². The van der Waals surface area contributed by atoms with Crippen molar-refractivity contribution in [1.82, 2.24) is 10.6 Å². The fourth-order valence-electron chi connectivity index (χ4n) is 2.67. The van der Waals surface area contributed by atoms with E-state index in [1.54, 1.807) is 25.3 Å². The fraction of sp³-hybridized carbons (Fsp3) is 0.409. The Morgan fingerprint density at radius 1 is 1.11 bits per heavy atom. The molecule has 0 spiro atoms. The monoisotopic (exact) mass is 385 g/mol. The average molecular weight is 386 g/mol. The number of phenolic OH excluding ortho intramolecular Hbond substituents is 1. The zero-order valence-corrected chi connectivity index (χ0v) is 17.4. The molecule has 6 heteroatoms. The van der Waals surface area contributed by atoms with E-state index < -0.39 is 0 Å². The highest BCUT2D eigenvalue weighted by Gasteiger charge is 2.08. The molecule has 0 bridgehead atoms. The zero-order valence-electron chi connectivity index (χ0n) is 17.4. The topological polar surface area (TPSA) is 75.1 Å². The number of hydrogen-bond donors (Lipinski definition) is 3. The minimum atomic E-state index is 0.110. The van der Waals surface area contributed by atoms with Gasteiger partial charge < -0.3 is 25.2 Å². The number of benzene rings is 2. The van der Waals surface area contributed by atoms with Gasteiger partial charge in [-0.2, -0.15) is 0 Å². The summed E-state index contributed by atoms with van der Waals surface area (Å²) in [5.41, 5.74) is 2.93. The van der Waals surface area contributed by atoms with E-state index >= 15 is 0 Å². The molecule has 0 fully saturated rings. The molecule has 6 nitrogen and oxygen atoms in total. The number of aromatic hydroxyl groups is 1. The van der Waals surface area contributed by atoms with Crippen molar-refractivity contribution in [3.8, 4) is 17.2 Å². The molecule has 0 aromatic heterocycles. The molecule has 2 aromatic carbocycles. The van der Waals surface area contributed by atoms with Crippen molar-refractivity contribution in [2.24, 2.45) is 4.99 Å². The number of aliphatic imine (C=N–C) groups is 1. The Bertz CT molecular complexity index is 804. The summed E-state index contributed by atoms with van der Waals surface area (Å²) < 4.78 is 11.2. The van der Waals surface area contributed by atoms with E-state index in [9.17, 15) is 5.11 Å². The maximum Gasteiger partial charge on any atom is 0.191 e. The zero-order chi connectivity index (χ0) is 20.5. The first kappa shape index (κ1) is 21.4. The number of guanidine groups is 1. The van der Waals surface area contributed by atoms with Gasteiger partial charge in [0.05, 0.1) is 19.8 Å². The molecule has 0 atom stereocenters. The van der Waals surface area contributed by atoms with Crippen LogP contribution in [0.5, 0.6) is 17.2 Å². The predicted molar refractivity (Wildman–Crippen MR) is 113 cm³/mol. The van der Waals surface area contributed by atoms with Crippen LogP contribution < -0.4 is 20.1 Å². The molecule has 0 radical (unpaired) electrons. The standard InChI is InChI=1S/C22H31N3O3/c1-6-23-22(25-14-18-12-19(27-5)9-10-20(18)26)24-13-17-8-7-16(4)11-21(17)28-15(2)3/h7-12,15,26H,6,13-14H2,1-5H3,(H2,23,24,25). The minimum Gasteiger partial charge on any atom is -0.508 e. The number of nitrogens with zero attached hydrogens (tertiary/aromatic N) is 1. The summed E-state index contributed by atoms with van der Waals surface area (Å²) in [6.07, 6.45) is 0.110. The van der Waals surface area contributed by atoms with Crippen molar-refractivity contribution < 1.29 is 14.6 Å². The lowest BCUT2D eigenvalue weighted by molar-refractivity contribution is 0.239. The Morgan fingerprint density at radius 3 is 2.57 bits per heavy atom. The highest BCUT2D eigenvalue weighted by atomic mass is 16.5. The minimum absolute atomic E-state index is 0.110. The number of phenols is 1. The van der Waals surface area contributed by atoms with Gasteiger partial charge in [0.25, 0.3) is 0 Å². The van der Waals surface area contributed by atoms with Crippen LogP contribution in [-0.2, 0) is 13.1 Å². The number of ether oxygens (including phenoxy) is 2. The van der Waals surface area contributed by atoms with E-state index in [-0.39, 0.29) is 11.9 Å². The van der Waals surface area contributed by atoms with E-state index in [0.717, 1.165) is 23.4 Å². The van der Waals surface area contributed by atoms with Crippen molar-refractivity contribution in [1.29, 1.82) is 0 Å². The average Bonchev–Trinajstić information content (AvgIpc) is 2.65. The van der Waals surface area contributed by atoms with Crippen LogP contribution in [0.15, 0.2) is 41.4 Å². The molecule has 0 heterocycles. The lowest BCUT2D eigenvalue weighted by Gasteiger charge is -2.17. The van der Waals surface area contributed by atoms with Crippen molar-refractivity contribution >= 4 is 5.96 Å². The second-order valence-corrected chi connectivity index (χ2v) is 6.82. The van der Waals surface area contributed by atoms with Gasteiger partial charge in [0, 0.05) is 24.2 Å². The third-order valence-corrected chi connectivity index (χ3v) is 4.07. The smallest absolute Gasteiger partial charge is 0.191 e. The van der Waals surface area contributed by atoms with Gasteiger partial charge in [-0.05, 0) is 57.5 Å². The Hall–Kier alpha value is -2.89. The third-order valence-electron chi connectivity index (χ3n) is 4.07. The van der Waals surface area contributed by atoms with Gasteiger partial charge in [0.2, 0.25) is 0 Å². The molecular formula is C22H31N3O3. The lowest BCUT2D eigenvalue weighted by atomic mass is 10.1. The molecule has 3 N–H and O–H groups in total. The van der Waals surface area contributed by atoms with Crippen LogP contribution in [0.25, 0.3) is 0 Å². The van der Waals surface area contributed by atoms with Gasteiger partial charge in [-0.15, -0.1) is 0 Å². The SMILES string of the molecule is CCNC(=NCc1cc(OC)ccc1O)NCc1ccc(C)cc1OC(C)C. The Kier molecular flexibility index (Phi) is 7.99. The van der Waals surface area contributed by atoms with Gasteiger partial charge >= 0.3 is 0 Å². The Morgan fingerprint density at radius 2 is 1.89 bits per heavy atom. The number of nitrogens with one attached hydrogen (secondary N) is 2. The van der Waals surface area contributed by atoms with Gasteiger partial charge in [0.1, 0.15) is 17.2 Å². The summed E-state index contributed by atoms with van der Waals surface area (Å²) >= 11 is 0. The molecule has 152 valence electrons. The molecule has 0 saturated heterocycles. The van der Waals surface area contributed by atoms with Crippen molar-refractivity contribution in [3.05, 3.63) is 53.1 Å². The summed E-state index contributed by atoms with van der Waals surface area (Å²) in [7, 11) is 1.60. The van der Waals surface area contributed by atoms with Crippen LogP contribution in [0.1, 0.15) is 37.5 Å². The normalized spacial score (nSPS) is 11.4. The molecule has 0 aliphatic rings. The summed E-state index contributed by atoms with van der Waals surface area (Å²) in [6, 6.07) is 11.3. The summed E-state index contributed by atoms with van der Waals surface area (Å²) in [5.74, 6) is 2.44. The molecule has 0 amide bonds. The molecule has 0 aliphatic heterocycles. The number of methoxy groups -OCH3 is 1. The first-order valence-electron chi connectivity index (χ1n) is 9.57. The van der Waals surface area contributed by atoms with Crippen molar-refractivity contribution in [3.63, 3.8) is 0 Å².